The molecule has 1 unspecified atom stereocenters. The van der Waals surface area contributed by atoms with Crippen LogP contribution < -0.4 is 5.32 Å². The van der Waals surface area contributed by atoms with Crippen LogP contribution in [0.25, 0.3) is 0 Å². The van der Waals surface area contributed by atoms with Crippen LogP contribution in [0.5, 0.6) is 0 Å². The highest BCUT2D eigenvalue weighted by atomic mass is 15.2. The normalized spacial score (nSPS) is 20.7. The summed E-state index contributed by atoms with van der Waals surface area (Å²) >= 11 is 0. The highest BCUT2D eigenvalue weighted by Gasteiger charge is 2.20. The molecule has 15 heavy (non-hydrogen) atoms. The standard InChI is InChI=1S/C12H23N3/c1-2-9-15(10-5-3-4-7-13)12-6-8-14-11-12/h12,14H,2-6,8-11H2,1H3. The van der Waals surface area contributed by atoms with E-state index in [1.165, 1.54) is 38.9 Å². The third kappa shape index (κ3) is 4.63. The Morgan fingerprint density at radius 1 is 1.40 bits per heavy atom. The molecule has 1 fully saturated rings. The van der Waals surface area contributed by atoms with E-state index in [0.29, 0.717) is 6.42 Å². The summed E-state index contributed by atoms with van der Waals surface area (Å²) in [6.45, 7) is 6.94. The molecule has 0 amide bonds. The van der Waals surface area contributed by atoms with Crippen molar-refractivity contribution in [2.75, 3.05) is 26.2 Å². The first-order chi connectivity index (χ1) is 7.38. The van der Waals surface area contributed by atoms with Crippen molar-refractivity contribution in [3.63, 3.8) is 0 Å². The molecule has 0 aromatic heterocycles. The molecule has 0 aromatic carbocycles. The topological polar surface area (TPSA) is 39.1 Å². The van der Waals surface area contributed by atoms with Gasteiger partial charge in [0.15, 0.2) is 0 Å². The summed E-state index contributed by atoms with van der Waals surface area (Å²) in [5, 5.41) is 11.9. The van der Waals surface area contributed by atoms with Crippen LogP contribution in [0.3, 0.4) is 0 Å². The number of unbranched alkanes of at least 4 members (excludes halogenated alkanes) is 2. The molecule has 3 nitrogen and oxygen atoms in total. The minimum Gasteiger partial charge on any atom is -0.315 e. The van der Waals surface area contributed by atoms with Crippen LogP contribution in [0.2, 0.25) is 0 Å². The Kier molecular flexibility index (Phi) is 6.38. The smallest absolute Gasteiger partial charge is 0.0621 e. The fraction of sp³-hybridized carbons (Fsp3) is 0.917. The highest BCUT2D eigenvalue weighted by Crippen LogP contribution is 2.10. The van der Waals surface area contributed by atoms with Crippen LogP contribution in [-0.4, -0.2) is 37.1 Å². The number of nitriles is 1. The Bertz CT molecular complexity index is 192. The Morgan fingerprint density at radius 3 is 2.87 bits per heavy atom. The lowest BCUT2D eigenvalue weighted by molar-refractivity contribution is 0.204. The van der Waals surface area contributed by atoms with E-state index < -0.39 is 0 Å². The number of rotatable bonds is 7. The van der Waals surface area contributed by atoms with Gasteiger partial charge in [-0.15, -0.1) is 0 Å². The van der Waals surface area contributed by atoms with E-state index in [2.05, 4.69) is 23.2 Å². The summed E-state index contributed by atoms with van der Waals surface area (Å²) in [5.41, 5.74) is 0. The molecule has 0 spiro atoms. The zero-order chi connectivity index (χ0) is 10.9. The molecule has 1 saturated heterocycles. The van der Waals surface area contributed by atoms with Crippen molar-refractivity contribution in [2.24, 2.45) is 0 Å². The van der Waals surface area contributed by atoms with Crippen molar-refractivity contribution in [1.29, 1.82) is 5.26 Å². The Labute approximate surface area is 93.5 Å². The SMILES string of the molecule is CCCN(CCCCC#N)C1CCNC1. The van der Waals surface area contributed by atoms with Gasteiger partial charge in [-0.05, 0) is 45.3 Å². The van der Waals surface area contributed by atoms with Gasteiger partial charge in [-0.1, -0.05) is 6.92 Å². The molecule has 0 bridgehead atoms. The number of hydrogen-bond donors (Lipinski definition) is 1. The maximum absolute atomic E-state index is 8.47. The first-order valence-corrected chi connectivity index (χ1v) is 6.20. The second-order valence-electron chi connectivity index (χ2n) is 4.30. The second-order valence-corrected chi connectivity index (χ2v) is 4.30. The van der Waals surface area contributed by atoms with Gasteiger partial charge in [0.2, 0.25) is 0 Å². The van der Waals surface area contributed by atoms with E-state index in [4.69, 9.17) is 5.26 Å². The van der Waals surface area contributed by atoms with Crippen LogP contribution >= 0.6 is 0 Å². The average molecular weight is 209 g/mol. The Morgan fingerprint density at radius 2 is 2.27 bits per heavy atom. The fourth-order valence-electron chi connectivity index (χ4n) is 2.23. The van der Waals surface area contributed by atoms with Crippen LogP contribution in [0, 0.1) is 11.3 Å². The van der Waals surface area contributed by atoms with Gasteiger partial charge < -0.3 is 5.32 Å². The zero-order valence-corrected chi connectivity index (χ0v) is 9.84. The van der Waals surface area contributed by atoms with Gasteiger partial charge in [-0.3, -0.25) is 4.90 Å². The van der Waals surface area contributed by atoms with Gasteiger partial charge in [-0.2, -0.15) is 5.26 Å². The van der Waals surface area contributed by atoms with Crippen LogP contribution in [0.15, 0.2) is 0 Å². The molecule has 0 aliphatic carbocycles. The largest absolute Gasteiger partial charge is 0.315 e. The highest BCUT2D eigenvalue weighted by molar-refractivity contribution is 4.80. The molecule has 1 N–H and O–H groups in total. The molecule has 0 radical (unpaired) electrons. The fourth-order valence-corrected chi connectivity index (χ4v) is 2.23. The van der Waals surface area contributed by atoms with Crippen molar-refractivity contribution in [1.82, 2.24) is 10.2 Å². The van der Waals surface area contributed by atoms with Gasteiger partial charge in [0, 0.05) is 19.0 Å². The summed E-state index contributed by atoms with van der Waals surface area (Å²) < 4.78 is 0. The molecule has 86 valence electrons. The zero-order valence-electron chi connectivity index (χ0n) is 9.84. The van der Waals surface area contributed by atoms with Crippen molar-refractivity contribution in [3.05, 3.63) is 0 Å². The van der Waals surface area contributed by atoms with Gasteiger partial charge in [0.05, 0.1) is 6.07 Å². The lowest BCUT2D eigenvalue weighted by atomic mass is 10.1. The van der Waals surface area contributed by atoms with E-state index in [1.807, 2.05) is 0 Å². The molecular weight excluding hydrogens is 186 g/mol. The van der Waals surface area contributed by atoms with Crippen molar-refractivity contribution < 1.29 is 0 Å². The first kappa shape index (κ1) is 12.5. The Balaban J connectivity index is 2.20. The van der Waals surface area contributed by atoms with E-state index in [0.717, 1.165) is 19.0 Å². The molecule has 1 aliphatic heterocycles. The third-order valence-electron chi connectivity index (χ3n) is 3.05. The number of nitrogens with zero attached hydrogens (tertiary/aromatic N) is 2. The average Bonchev–Trinajstić information content (AvgIpc) is 2.76. The summed E-state index contributed by atoms with van der Waals surface area (Å²) in [5.74, 6) is 0. The van der Waals surface area contributed by atoms with Gasteiger partial charge in [0.1, 0.15) is 0 Å². The first-order valence-electron chi connectivity index (χ1n) is 6.20. The van der Waals surface area contributed by atoms with E-state index >= 15 is 0 Å². The minimum atomic E-state index is 0.711. The molecule has 0 saturated carbocycles. The van der Waals surface area contributed by atoms with Gasteiger partial charge >= 0.3 is 0 Å². The second kappa shape index (κ2) is 7.67. The summed E-state index contributed by atoms with van der Waals surface area (Å²) in [6, 6.07) is 2.95. The molecule has 1 rings (SSSR count). The number of hydrogen-bond acceptors (Lipinski definition) is 3. The Hall–Kier alpha value is -0.590. The summed E-state index contributed by atoms with van der Waals surface area (Å²) in [7, 11) is 0. The molecule has 1 aliphatic rings. The van der Waals surface area contributed by atoms with Crippen LogP contribution in [0.1, 0.15) is 39.0 Å². The quantitative estimate of drug-likeness (QED) is 0.649. The molecule has 0 aromatic rings. The monoisotopic (exact) mass is 209 g/mol. The third-order valence-corrected chi connectivity index (χ3v) is 3.05. The summed E-state index contributed by atoms with van der Waals surface area (Å²) in [6.07, 6.45) is 5.46. The van der Waals surface area contributed by atoms with Crippen LogP contribution in [-0.2, 0) is 0 Å². The van der Waals surface area contributed by atoms with E-state index in [9.17, 15) is 0 Å². The van der Waals surface area contributed by atoms with Gasteiger partial charge in [-0.25, -0.2) is 0 Å². The molecule has 3 heteroatoms. The molecular formula is C12H23N3. The van der Waals surface area contributed by atoms with Crippen LogP contribution in [0.4, 0.5) is 0 Å². The lowest BCUT2D eigenvalue weighted by Gasteiger charge is -2.27. The van der Waals surface area contributed by atoms with E-state index in [-0.39, 0.29) is 0 Å². The summed E-state index contributed by atoms with van der Waals surface area (Å²) in [4.78, 5) is 2.59. The molecule has 1 heterocycles. The van der Waals surface area contributed by atoms with Crippen molar-refractivity contribution in [2.45, 2.75) is 45.1 Å². The number of nitrogens with one attached hydrogen (secondary N) is 1. The predicted molar refractivity (Wildman–Crippen MR) is 62.6 cm³/mol. The maximum atomic E-state index is 8.47. The maximum Gasteiger partial charge on any atom is 0.0621 e. The minimum absolute atomic E-state index is 0.711. The van der Waals surface area contributed by atoms with E-state index in [1.54, 1.807) is 0 Å². The van der Waals surface area contributed by atoms with Crippen molar-refractivity contribution >= 4 is 0 Å². The van der Waals surface area contributed by atoms with Gasteiger partial charge in [0.25, 0.3) is 0 Å². The molecule has 1 atom stereocenters. The van der Waals surface area contributed by atoms with Crippen molar-refractivity contribution in [3.8, 4) is 6.07 Å². The lowest BCUT2D eigenvalue weighted by Crippen LogP contribution is -2.38. The predicted octanol–water partition coefficient (Wildman–Crippen LogP) is 1.75.